The first-order valence-electron chi connectivity index (χ1n) is 4.38. The van der Waals surface area contributed by atoms with Crippen LogP contribution in [0.5, 0.6) is 0 Å². The van der Waals surface area contributed by atoms with E-state index in [9.17, 15) is 8.42 Å². The predicted octanol–water partition coefficient (Wildman–Crippen LogP) is 1.32. The highest BCUT2D eigenvalue weighted by Gasteiger charge is 2.08. The number of hydrogen-bond acceptors (Lipinski definition) is 4. The molecule has 4 nitrogen and oxygen atoms in total. The maximum atomic E-state index is 11.0. The number of nitrogens with zero attached hydrogens (tertiary/aromatic N) is 2. The fraction of sp³-hybridized carbons (Fsp3) is 0.444. The van der Waals surface area contributed by atoms with Gasteiger partial charge in [0.2, 0.25) is 0 Å². The van der Waals surface area contributed by atoms with Crippen molar-refractivity contribution in [2.45, 2.75) is 0 Å². The lowest BCUT2D eigenvalue weighted by atomic mass is 10.4. The topological polar surface area (TPSA) is 50.3 Å². The summed E-state index contributed by atoms with van der Waals surface area (Å²) in [5.74, 6) is 0.151. The highest BCUT2D eigenvalue weighted by atomic mass is 79.9. The van der Waals surface area contributed by atoms with E-state index in [2.05, 4.69) is 20.9 Å². The van der Waals surface area contributed by atoms with E-state index in [-0.39, 0.29) is 5.75 Å². The smallest absolute Gasteiger partial charge is 0.149 e. The molecule has 84 valence electrons. The summed E-state index contributed by atoms with van der Waals surface area (Å²) < 4.78 is 22.9. The molecular formula is C9H13BrN2O2S. The van der Waals surface area contributed by atoms with E-state index >= 15 is 0 Å². The third-order valence-electron chi connectivity index (χ3n) is 1.96. The lowest BCUT2D eigenvalue weighted by Gasteiger charge is -2.19. The molecule has 0 fully saturated rings. The number of aromatic nitrogens is 1. The standard InChI is InChI=1S/C9H13BrN2O2S/c1-12(5-6-15(2,13)14)9-3-4-11-7-8(9)10/h3-4,7H,5-6H2,1-2H3. The van der Waals surface area contributed by atoms with Crippen molar-refractivity contribution in [2.75, 3.05) is 30.5 Å². The summed E-state index contributed by atoms with van der Waals surface area (Å²) in [6, 6.07) is 1.84. The molecule has 15 heavy (non-hydrogen) atoms. The SMILES string of the molecule is CN(CCS(C)(=O)=O)c1ccncc1Br. The Labute approximate surface area is 98.4 Å². The predicted molar refractivity (Wildman–Crippen MR) is 64.9 cm³/mol. The molecule has 1 aromatic rings. The summed E-state index contributed by atoms with van der Waals surface area (Å²) in [6.45, 7) is 0.474. The summed E-state index contributed by atoms with van der Waals surface area (Å²) in [4.78, 5) is 5.83. The molecule has 0 aliphatic rings. The van der Waals surface area contributed by atoms with Crippen LogP contribution in [0.4, 0.5) is 5.69 Å². The first-order chi connectivity index (χ1) is 6.90. The van der Waals surface area contributed by atoms with E-state index in [1.165, 1.54) is 6.26 Å². The molecule has 0 spiro atoms. The number of anilines is 1. The Morgan fingerprint density at radius 2 is 2.20 bits per heavy atom. The Balaban J connectivity index is 2.70. The van der Waals surface area contributed by atoms with Crippen LogP contribution in [0.1, 0.15) is 0 Å². The van der Waals surface area contributed by atoms with Crippen molar-refractivity contribution in [1.29, 1.82) is 0 Å². The Morgan fingerprint density at radius 3 is 2.73 bits per heavy atom. The van der Waals surface area contributed by atoms with Gasteiger partial charge in [0.15, 0.2) is 0 Å². The third-order valence-corrected chi connectivity index (χ3v) is 3.49. The van der Waals surface area contributed by atoms with Gasteiger partial charge in [0.25, 0.3) is 0 Å². The highest BCUT2D eigenvalue weighted by molar-refractivity contribution is 9.10. The fourth-order valence-corrected chi connectivity index (χ4v) is 2.26. The maximum absolute atomic E-state index is 11.0. The zero-order chi connectivity index (χ0) is 11.5. The van der Waals surface area contributed by atoms with Gasteiger partial charge in [-0.1, -0.05) is 0 Å². The Bertz CT molecular complexity index is 433. The molecule has 1 rings (SSSR count). The first-order valence-corrected chi connectivity index (χ1v) is 7.24. The van der Waals surface area contributed by atoms with Crippen LogP contribution in [-0.2, 0) is 9.84 Å². The van der Waals surface area contributed by atoms with Gasteiger partial charge < -0.3 is 4.90 Å². The number of sulfone groups is 1. The first kappa shape index (κ1) is 12.4. The van der Waals surface area contributed by atoms with E-state index < -0.39 is 9.84 Å². The lowest BCUT2D eigenvalue weighted by Crippen LogP contribution is -2.25. The highest BCUT2D eigenvalue weighted by Crippen LogP contribution is 2.23. The van der Waals surface area contributed by atoms with Gasteiger partial charge in [-0.25, -0.2) is 8.42 Å². The van der Waals surface area contributed by atoms with Crippen molar-refractivity contribution < 1.29 is 8.42 Å². The van der Waals surface area contributed by atoms with Crippen molar-refractivity contribution in [3.05, 3.63) is 22.9 Å². The minimum Gasteiger partial charge on any atom is -0.373 e. The molecule has 1 heterocycles. The second-order valence-corrected chi connectivity index (χ2v) is 6.49. The van der Waals surface area contributed by atoms with E-state index in [4.69, 9.17) is 0 Å². The van der Waals surface area contributed by atoms with Gasteiger partial charge >= 0.3 is 0 Å². The molecule has 0 unspecified atom stereocenters. The van der Waals surface area contributed by atoms with Crippen molar-refractivity contribution in [3.8, 4) is 0 Å². The van der Waals surface area contributed by atoms with Crippen LogP contribution in [0, 0.1) is 0 Å². The third kappa shape index (κ3) is 4.17. The van der Waals surface area contributed by atoms with Gasteiger partial charge in [0.05, 0.1) is 15.9 Å². The van der Waals surface area contributed by atoms with Crippen LogP contribution in [-0.4, -0.2) is 39.0 Å². The van der Waals surface area contributed by atoms with Gasteiger partial charge in [-0.2, -0.15) is 0 Å². The van der Waals surface area contributed by atoms with E-state index in [1.807, 2.05) is 18.0 Å². The molecule has 0 aliphatic heterocycles. The largest absolute Gasteiger partial charge is 0.373 e. The van der Waals surface area contributed by atoms with E-state index in [1.54, 1.807) is 12.4 Å². The maximum Gasteiger partial charge on any atom is 0.149 e. The molecule has 1 aromatic heterocycles. The fourth-order valence-electron chi connectivity index (χ4n) is 1.10. The molecule has 0 saturated heterocycles. The zero-order valence-electron chi connectivity index (χ0n) is 8.64. The summed E-state index contributed by atoms with van der Waals surface area (Å²) >= 11 is 3.36. The van der Waals surface area contributed by atoms with Gasteiger partial charge in [0, 0.05) is 32.2 Å². The van der Waals surface area contributed by atoms with Crippen LogP contribution in [0.3, 0.4) is 0 Å². The van der Waals surface area contributed by atoms with Crippen LogP contribution in [0.15, 0.2) is 22.9 Å². The monoisotopic (exact) mass is 292 g/mol. The van der Waals surface area contributed by atoms with Crippen LogP contribution in [0.2, 0.25) is 0 Å². The Hall–Kier alpha value is -0.620. The molecule has 0 atom stereocenters. The normalized spacial score (nSPS) is 11.4. The second kappa shape index (κ2) is 4.94. The van der Waals surface area contributed by atoms with Crippen LogP contribution < -0.4 is 4.90 Å². The van der Waals surface area contributed by atoms with Crippen molar-refractivity contribution in [1.82, 2.24) is 4.98 Å². The molecule has 0 bridgehead atoms. The average molecular weight is 293 g/mol. The summed E-state index contributed by atoms with van der Waals surface area (Å²) in [6.07, 6.45) is 4.60. The molecule has 0 aromatic carbocycles. The van der Waals surface area contributed by atoms with Gasteiger partial charge in [0.1, 0.15) is 9.84 Å². The quantitative estimate of drug-likeness (QED) is 0.840. The zero-order valence-corrected chi connectivity index (χ0v) is 11.0. The molecule has 0 amide bonds. The molecule has 0 N–H and O–H groups in total. The molecule has 0 saturated carbocycles. The van der Waals surface area contributed by atoms with E-state index in [0.717, 1.165) is 10.2 Å². The minimum absolute atomic E-state index is 0.151. The van der Waals surface area contributed by atoms with E-state index in [0.29, 0.717) is 6.54 Å². The molecule has 0 radical (unpaired) electrons. The summed E-state index contributed by atoms with van der Waals surface area (Å²) in [5, 5.41) is 0. The number of hydrogen-bond donors (Lipinski definition) is 0. The number of pyridine rings is 1. The van der Waals surface area contributed by atoms with Crippen molar-refractivity contribution >= 4 is 31.5 Å². The number of rotatable bonds is 4. The average Bonchev–Trinajstić information content (AvgIpc) is 2.14. The lowest BCUT2D eigenvalue weighted by molar-refractivity contribution is 0.601. The van der Waals surface area contributed by atoms with Gasteiger partial charge in [-0.15, -0.1) is 0 Å². The molecular weight excluding hydrogens is 280 g/mol. The van der Waals surface area contributed by atoms with Crippen LogP contribution in [0.25, 0.3) is 0 Å². The Kier molecular flexibility index (Phi) is 4.10. The van der Waals surface area contributed by atoms with Crippen LogP contribution >= 0.6 is 15.9 Å². The minimum atomic E-state index is -2.91. The van der Waals surface area contributed by atoms with Gasteiger partial charge in [-0.05, 0) is 22.0 Å². The summed E-state index contributed by atoms with van der Waals surface area (Å²) in [5.41, 5.74) is 0.939. The Morgan fingerprint density at radius 1 is 1.53 bits per heavy atom. The van der Waals surface area contributed by atoms with Gasteiger partial charge in [-0.3, -0.25) is 4.98 Å². The summed E-state index contributed by atoms with van der Waals surface area (Å²) in [7, 11) is -1.06. The van der Waals surface area contributed by atoms with Crippen molar-refractivity contribution in [3.63, 3.8) is 0 Å². The van der Waals surface area contributed by atoms with Crippen molar-refractivity contribution in [2.24, 2.45) is 0 Å². The number of halogens is 1. The second-order valence-electron chi connectivity index (χ2n) is 3.38. The molecule has 6 heteroatoms. The molecule has 0 aliphatic carbocycles.